The molecular weight excluding hydrogens is 202 g/mol. The Morgan fingerprint density at radius 1 is 1.71 bits per heavy atom. The van der Waals surface area contributed by atoms with Gasteiger partial charge in [0, 0.05) is 6.04 Å². The molecule has 14 heavy (non-hydrogen) atoms. The van der Waals surface area contributed by atoms with Gasteiger partial charge in [0.15, 0.2) is 5.78 Å². The highest BCUT2D eigenvalue weighted by Crippen LogP contribution is 2.19. The van der Waals surface area contributed by atoms with E-state index in [0.717, 1.165) is 0 Å². The summed E-state index contributed by atoms with van der Waals surface area (Å²) in [5.74, 6) is -0.0376. The zero-order valence-corrected chi connectivity index (χ0v) is 9.30. The van der Waals surface area contributed by atoms with Crippen LogP contribution in [0.25, 0.3) is 0 Å². The van der Waals surface area contributed by atoms with E-state index in [0.29, 0.717) is 10.7 Å². The standard InChI is InChI=1S/C9H14ClN3O/c1-6(2)13-9(10)7(4-12-13)8(14)5-11-3/h4,6,11H,5H2,1-3H3. The van der Waals surface area contributed by atoms with Gasteiger partial charge in [-0.05, 0) is 20.9 Å². The molecule has 1 rings (SSSR count). The topological polar surface area (TPSA) is 46.9 Å². The predicted molar refractivity (Wildman–Crippen MR) is 55.9 cm³/mol. The van der Waals surface area contributed by atoms with Crippen molar-refractivity contribution in [3.05, 3.63) is 16.9 Å². The summed E-state index contributed by atoms with van der Waals surface area (Å²) in [6.45, 7) is 4.21. The Balaban J connectivity index is 2.95. The predicted octanol–water partition coefficient (Wildman–Crippen LogP) is 1.52. The summed E-state index contributed by atoms with van der Waals surface area (Å²) < 4.78 is 1.63. The van der Waals surface area contributed by atoms with Gasteiger partial charge in [-0.15, -0.1) is 0 Å². The zero-order valence-electron chi connectivity index (χ0n) is 8.54. The molecule has 4 nitrogen and oxygen atoms in total. The minimum atomic E-state index is -0.0376. The van der Waals surface area contributed by atoms with E-state index < -0.39 is 0 Å². The molecule has 0 aliphatic rings. The number of hydrogen-bond acceptors (Lipinski definition) is 3. The van der Waals surface area contributed by atoms with Crippen LogP contribution in [0.15, 0.2) is 6.20 Å². The van der Waals surface area contributed by atoms with Crippen LogP contribution >= 0.6 is 11.6 Å². The highest BCUT2D eigenvalue weighted by molar-refractivity contribution is 6.33. The molecule has 1 heterocycles. The van der Waals surface area contributed by atoms with Gasteiger partial charge in [-0.2, -0.15) is 5.10 Å². The van der Waals surface area contributed by atoms with Crippen molar-refractivity contribution in [3.8, 4) is 0 Å². The molecule has 1 aromatic rings. The van der Waals surface area contributed by atoms with Crippen molar-refractivity contribution in [1.82, 2.24) is 15.1 Å². The number of halogens is 1. The number of likely N-dealkylation sites (N-methyl/N-ethyl adjacent to an activating group) is 1. The summed E-state index contributed by atoms with van der Waals surface area (Å²) in [7, 11) is 1.72. The van der Waals surface area contributed by atoms with Crippen LogP contribution in [0.3, 0.4) is 0 Å². The summed E-state index contributed by atoms with van der Waals surface area (Å²) in [5, 5.41) is 7.26. The first-order chi connectivity index (χ1) is 6.57. The van der Waals surface area contributed by atoms with E-state index in [-0.39, 0.29) is 18.4 Å². The van der Waals surface area contributed by atoms with Crippen LogP contribution in [0.2, 0.25) is 5.15 Å². The molecule has 0 bridgehead atoms. The van der Waals surface area contributed by atoms with Crippen molar-refractivity contribution in [2.24, 2.45) is 0 Å². The number of ketones is 1. The van der Waals surface area contributed by atoms with Crippen LogP contribution in [-0.4, -0.2) is 29.2 Å². The molecule has 0 saturated heterocycles. The molecular formula is C9H14ClN3O. The Morgan fingerprint density at radius 2 is 2.36 bits per heavy atom. The summed E-state index contributed by atoms with van der Waals surface area (Å²) in [6.07, 6.45) is 1.52. The van der Waals surface area contributed by atoms with Gasteiger partial charge in [0.2, 0.25) is 0 Å². The van der Waals surface area contributed by atoms with Crippen LogP contribution < -0.4 is 5.32 Å². The third-order valence-electron chi connectivity index (χ3n) is 1.86. The molecule has 0 aromatic carbocycles. The lowest BCUT2D eigenvalue weighted by molar-refractivity contribution is 0.0993. The first-order valence-corrected chi connectivity index (χ1v) is 4.86. The van der Waals surface area contributed by atoms with Crippen LogP contribution in [0.1, 0.15) is 30.2 Å². The lowest BCUT2D eigenvalue weighted by Crippen LogP contribution is -2.18. The maximum atomic E-state index is 11.5. The molecule has 0 saturated carbocycles. The van der Waals surface area contributed by atoms with Gasteiger partial charge < -0.3 is 5.32 Å². The smallest absolute Gasteiger partial charge is 0.181 e. The molecule has 0 aliphatic heterocycles. The Bertz CT molecular complexity index is 333. The number of rotatable bonds is 4. The molecule has 0 amide bonds. The van der Waals surface area contributed by atoms with E-state index in [1.54, 1.807) is 11.7 Å². The second kappa shape index (κ2) is 4.57. The maximum absolute atomic E-state index is 11.5. The van der Waals surface area contributed by atoms with Crippen molar-refractivity contribution in [2.45, 2.75) is 19.9 Å². The minimum absolute atomic E-state index is 0.0376. The van der Waals surface area contributed by atoms with Gasteiger partial charge in [-0.3, -0.25) is 9.48 Å². The van der Waals surface area contributed by atoms with Gasteiger partial charge in [-0.25, -0.2) is 0 Å². The van der Waals surface area contributed by atoms with Crippen LogP contribution in [0, 0.1) is 0 Å². The van der Waals surface area contributed by atoms with E-state index in [4.69, 9.17) is 11.6 Å². The van der Waals surface area contributed by atoms with Gasteiger partial charge in [0.1, 0.15) is 5.15 Å². The average molecular weight is 216 g/mol. The molecule has 1 aromatic heterocycles. The Labute approximate surface area is 88.2 Å². The Hall–Kier alpha value is -0.870. The number of carbonyl (C=O) groups is 1. The third-order valence-corrected chi connectivity index (χ3v) is 2.24. The number of nitrogens with zero attached hydrogens (tertiary/aromatic N) is 2. The highest BCUT2D eigenvalue weighted by Gasteiger charge is 2.16. The lowest BCUT2D eigenvalue weighted by Gasteiger charge is -2.06. The van der Waals surface area contributed by atoms with Crippen molar-refractivity contribution >= 4 is 17.4 Å². The molecule has 0 radical (unpaired) electrons. The Morgan fingerprint density at radius 3 is 2.79 bits per heavy atom. The normalized spacial score (nSPS) is 10.9. The van der Waals surface area contributed by atoms with Crippen LogP contribution in [0.4, 0.5) is 0 Å². The first kappa shape index (κ1) is 11.2. The molecule has 0 atom stereocenters. The zero-order chi connectivity index (χ0) is 10.7. The number of Topliss-reactive ketones (excluding diaryl/α,β-unsaturated/α-hetero) is 1. The van der Waals surface area contributed by atoms with E-state index in [1.165, 1.54) is 6.20 Å². The number of aromatic nitrogens is 2. The van der Waals surface area contributed by atoms with E-state index in [2.05, 4.69) is 10.4 Å². The number of carbonyl (C=O) groups excluding carboxylic acids is 1. The van der Waals surface area contributed by atoms with E-state index in [9.17, 15) is 4.79 Å². The molecule has 0 fully saturated rings. The summed E-state index contributed by atoms with van der Waals surface area (Å²) in [5.41, 5.74) is 0.481. The fraction of sp³-hybridized carbons (Fsp3) is 0.556. The van der Waals surface area contributed by atoms with Gasteiger partial charge in [0.25, 0.3) is 0 Å². The average Bonchev–Trinajstić information content (AvgIpc) is 2.47. The minimum Gasteiger partial charge on any atom is -0.313 e. The molecule has 0 unspecified atom stereocenters. The second-order valence-corrected chi connectivity index (χ2v) is 3.70. The van der Waals surface area contributed by atoms with Crippen LogP contribution in [-0.2, 0) is 0 Å². The van der Waals surface area contributed by atoms with Crippen LogP contribution in [0.5, 0.6) is 0 Å². The van der Waals surface area contributed by atoms with Crippen molar-refractivity contribution in [2.75, 3.05) is 13.6 Å². The summed E-state index contributed by atoms with van der Waals surface area (Å²) in [6, 6.07) is 0.165. The largest absolute Gasteiger partial charge is 0.313 e. The molecule has 78 valence electrons. The monoisotopic (exact) mass is 215 g/mol. The number of hydrogen-bond donors (Lipinski definition) is 1. The molecule has 5 heteroatoms. The quantitative estimate of drug-likeness (QED) is 0.775. The van der Waals surface area contributed by atoms with Crippen molar-refractivity contribution in [1.29, 1.82) is 0 Å². The van der Waals surface area contributed by atoms with E-state index in [1.807, 2.05) is 13.8 Å². The van der Waals surface area contributed by atoms with Gasteiger partial charge >= 0.3 is 0 Å². The molecule has 0 spiro atoms. The molecule has 1 N–H and O–H groups in total. The number of nitrogens with one attached hydrogen (secondary N) is 1. The highest BCUT2D eigenvalue weighted by atomic mass is 35.5. The Kier molecular flexibility index (Phi) is 3.66. The van der Waals surface area contributed by atoms with E-state index >= 15 is 0 Å². The summed E-state index contributed by atoms with van der Waals surface area (Å²) in [4.78, 5) is 11.5. The van der Waals surface area contributed by atoms with Crippen molar-refractivity contribution < 1.29 is 4.79 Å². The van der Waals surface area contributed by atoms with Gasteiger partial charge in [0.05, 0.1) is 18.3 Å². The second-order valence-electron chi connectivity index (χ2n) is 3.34. The SMILES string of the molecule is CNCC(=O)c1cnn(C(C)C)c1Cl. The first-order valence-electron chi connectivity index (χ1n) is 4.48. The third kappa shape index (κ3) is 2.13. The van der Waals surface area contributed by atoms with Gasteiger partial charge in [-0.1, -0.05) is 11.6 Å². The van der Waals surface area contributed by atoms with Crippen molar-refractivity contribution in [3.63, 3.8) is 0 Å². The fourth-order valence-electron chi connectivity index (χ4n) is 1.15. The lowest BCUT2D eigenvalue weighted by atomic mass is 10.2. The molecule has 0 aliphatic carbocycles. The fourth-order valence-corrected chi connectivity index (χ4v) is 1.54. The maximum Gasteiger partial charge on any atom is 0.181 e. The summed E-state index contributed by atoms with van der Waals surface area (Å²) >= 11 is 6.00.